The maximum atomic E-state index is 13.4. The average Bonchev–Trinajstić information content (AvgIpc) is 3.16. The molecule has 0 radical (unpaired) electrons. The van der Waals surface area contributed by atoms with Crippen molar-refractivity contribution in [3.05, 3.63) is 106 Å². The Morgan fingerprint density at radius 1 is 0.931 bits per heavy atom. The molecule has 1 heterocycles. The molecule has 0 aliphatic carbocycles. The molecule has 3 aromatic rings. The summed E-state index contributed by atoms with van der Waals surface area (Å²) in [7, 11) is -3.84. The minimum atomic E-state index is -3.84. The van der Waals surface area contributed by atoms with Crippen LogP contribution in [0.3, 0.4) is 0 Å². The van der Waals surface area contributed by atoms with Crippen molar-refractivity contribution in [2.24, 2.45) is 0 Å². The van der Waals surface area contributed by atoms with Crippen LogP contribution in [-0.2, 0) is 10.0 Å². The van der Waals surface area contributed by atoms with E-state index in [1.807, 2.05) is 37.3 Å². The van der Waals surface area contributed by atoms with E-state index in [9.17, 15) is 12.8 Å². The van der Waals surface area contributed by atoms with E-state index < -0.39 is 16.1 Å². The fraction of sp³-hybridized carbons (Fsp3) is 0.0909. The molecule has 29 heavy (non-hydrogen) atoms. The van der Waals surface area contributed by atoms with Crippen LogP contribution in [0.5, 0.6) is 0 Å². The molecule has 0 saturated heterocycles. The molecule has 0 spiro atoms. The number of aryl methyl sites for hydroxylation is 1. The molecule has 0 fully saturated rings. The molecular formula is C22H18BrFN2O2S. The van der Waals surface area contributed by atoms with E-state index in [1.54, 1.807) is 36.4 Å². The summed E-state index contributed by atoms with van der Waals surface area (Å²) in [6.07, 6.45) is 1.84. The second kappa shape index (κ2) is 7.74. The number of hydrogen-bond donors (Lipinski definition) is 1. The Bertz CT molecular complexity index is 1160. The van der Waals surface area contributed by atoms with E-state index in [4.69, 9.17) is 0 Å². The van der Waals surface area contributed by atoms with Crippen LogP contribution in [0.1, 0.15) is 22.7 Å². The van der Waals surface area contributed by atoms with E-state index in [2.05, 4.69) is 21.4 Å². The zero-order chi connectivity index (χ0) is 20.6. The summed E-state index contributed by atoms with van der Waals surface area (Å²) in [5.74, 6) is -0.371. The Morgan fingerprint density at radius 2 is 1.55 bits per heavy atom. The zero-order valence-corrected chi connectivity index (χ0v) is 17.9. The highest BCUT2D eigenvalue weighted by Crippen LogP contribution is 2.35. The van der Waals surface area contributed by atoms with Gasteiger partial charge in [0, 0.05) is 4.47 Å². The van der Waals surface area contributed by atoms with Crippen LogP contribution in [0.4, 0.5) is 4.39 Å². The summed E-state index contributed by atoms with van der Waals surface area (Å²) < 4.78 is 42.3. The summed E-state index contributed by atoms with van der Waals surface area (Å²) in [5, 5.41) is 0. The van der Waals surface area contributed by atoms with Gasteiger partial charge in [-0.05, 0) is 60.5 Å². The SMILES string of the molecule is Cc1ccc(S(=O)(=O)N2NC(c3ccc(Br)cc3)=C[C@H]2c2ccc(F)cc2)cc1. The van der Waals surface area contributed by atoms with Crippen molar-refractivity contribution in [3.63, 3.8) is 0 Å². The van der Waals surface area contributed by atoms with Gasteiger partial charge in [-0.3, -0.25) is 0 Å². The molecule has 148 valence electrons. The van der Waals surface area contributed by atoms with Crippen LogP contribution in [0, 0.1) is 12.7 Å². The first kappa shape index (κ1) is 19.8. The lowest BCUT2D eigenvalue weighted by Gasteiger charge is -2.25. The van der Waals surface area contributed by atoms with Gasteiger partial charge in [0.2, 0.25) is 0 Å². The van der Waals surface area contributed by atoms with Crippen LogP contribution in [-0.4, -0.2) is 12.8 Å². The Kier molecular flexibility index (Phi) is 5.29. The van der Waals surface area contributed by atoms with Gasteiger partial charge in [-0.1, -0.05) is 57.9 Å². The number of sulfonamides is 1. The fourth-order valence-electron chi connectivity index (χ4n) is 3.17. The summed E-state index contributed by atoms with van der Waals surface area (Å²) in [5.41, 5.74) is 6.20. The van der Waals surface area contributed by atoms with Crippen LogP contribution >= 0.6 is 15.9 Å². The molecule has 4 rings (SSSR count). The van der Waals surface area contributed by atoms with Crippen molar-refractivity contribution in [3.8, 4) is 0 Å². The predicted molar refractivity (Wildman–Crippen MR) is 115 cm³/mol. The molecule has 3 aromatic carbocycles. The standard InChI is InChI=1S/C22H18BrFN2O2S/c1-15-2-12-20(13-3-15)29(27,28)26-22(17-6-10-19(24)11-7-17)14-21(25-26)16-4-8-18(23)9-5-16/h2-14,22,25H,1H3/t22-/m0/s1. The minimum Gasteiger partial charge on any atom is -0.304 e. The lowest BCUT2D eigenvalue weighted by atomic mass is 10.1. The molecule has 1 aliphatic rings. The molecule has 1 aliphatic heterocycles. The molecule has 4 nitrogen and oxygen atoms in total. The van der Waals surface area contributed by atoms with Crippen LogP contribution in [0.15, 0.2) is 88.2 Å². The molecular weight excluding hydrogens is 455 g/mol. The predicted octanol–water partition coefficient (Wildman–Crippen LogP) is 5.19. The highest BCUT2D eigenvalue weighted by molar-refractivity contribution is 9.10. The van der Waals surface area contributed by atoms with E-state index >= 15 is 0 Å². The smallest absolute Gasteiger partial charge is 0.260 e. The Labute approximate surface area is 177 Å². The first-order valence-corrected chi connectivity index (χ1v) is 11.2. The monoisotopic (exact) mass is 472 g/mol. The van der Waals surface area contributed by atoms with Gasteiger partial charge in [-0.25, -0.2) is 12.8 Å². The molecule has 0 unspecified atom stereocenters. The van der Waals surface area contributed by atoms with E-state index in [-0.39, 0.29) is 10.7 Å². The lowest BCUT2D eigenvalue weighted by Crippen LogP contribution is -2.39. The lowest BCUT2D eigenvalue weighted by molar-refractivity contribution is 0.348. The third kappa shape index (κ3) is 3.99. The van der Waals surface area contributed by atoms with Gasteiger partial charge in [-0.15, -0.1) is 4.41 Å². The third-order valence-electron chi connectivity index (χ3n) is 4.75. The average molecular weight is 473 g/mol. The Morgan fingerprint density at radius 3 is 2.17 bits per heavy atom. The number of rotatable bonds is 4. The van der Waals surface area contributed by atoms with Crippen molar-refractivity contribution in [2.45, 2.75) is 17.9 Å². The Balaban J connectivity index is 1.78. The van der Waals surface area contributed by atoms with Crippen LogP contribution < -0.4 is 5.43 Å². The van der Waals surface area contributed by atoms with Crippen molar-refractivity contribution in [1.82, 2.24) is 9.84 Å². The maximum Gasteiger partial charge on any atom is 0.260 e. The van der Waals surface area contributed by atoms with Crippen molar-refractivity contribution >= 4 is 31.7 Å². The largest absolute Gasteiger partial charge is 0.304 e. The summed E-state index contributed by atoms with van der Waals surface area (Å²) in [4.78, 5) is 0.188. The summed E-state index contributed by atoms with van der Waals surface area (Å²) in [6.45, 7) is 1.90. The summed E-state index contributed by atoms with van der Waals surface area (Å²) in [6, 6.07) is 19.5. The number of halogens is 2. The van der Waals surface area contributed by atoms with Gasteiger partial charge in [0.25, 0.3) is 10.0 Å². The molecule has 1 N–H and O–H groups in total. The number of nitrogens with one attached hydrogen (secondary N) is 1. The van der Waals surface area contributed by atoms with Crippen LogP contribution in [0.2, 0.25) is 0 Å². The molecule has 0 bridgehead atoms. The van der Waals surface area contributed by atoms with E-state index in [0.717, 1.165) is 15.6 Å². The molecule has 0 saturated carbocycles. The van der Waals surface area contributed by atoms with Gasteiger partial charge in [0.15, 0.2) is 0 Å². The second-order valence-corrected chi connectivity index (χ2v) is 9.54. The highest BCUT2D eigenvalue weighted by atomic mass is 79.9. The minimum absolute atomic E-state index is 0.188. The second-order valence-electron chi connectivity index (χ2n) is 6.81. The molecule has 1 atom stereocenters. The Hall–Kier alpha value is -2.48. The summed E-state index contributed by atoms with van der Waals surface area (Å²) >= 11 is 3.41. The van der Waals surface area contributed by atoms with Gasteiger partial charge >= 0.3 is 0 Å². The zero-order valence-electron chi connectivity index (χ0n) is 15.5. The molecule has 0 amide bonds. The van der Waals surface area contributed by atoms with Gasteiger partial charge in [0.05, 0.1) is 16.6 Å². The van der Waals surface area contributed by atoms with Gasteiger partial charge in [-0.2, -0.15) is 0 Å². The van der Waals surface area contributed by atoms with Gasteiger partial charge < -0.3 is 5.43 Å². The highest BCUT2D eigenvalue weighted by Gasteiger charge is 2.36. The fourth-order valence-corrected chi connectivity index (χ4v) is 4.84. The molecule has 0 aromatic heterocycles. The number of nitrogens with zero attached hydrogens (tertiary/aromatic N) is 1. The maximum absolute atomic E-state index is 13.4. The number of hydrazine groups is 1. The first-order chi connectivity index (χ1) is 13.8. The van der Waals surface area contributed by atoms with Crippen LogP contribution in [0.25, 0.3) is 5.70 Å². The quantitative estimate of drug-likeness (QED) is 0.568. The number of hydrogen-bond acceptors (Lipinski definition) is 3. The van der Waals surface area contributed by atoms with E-state index in [0.29, 0.717) is 11.3 Å². The van der Waals surface area contributed by atoms with E-state index in [1.165, 1.54) is 16.5 Å². The first-order valence-electron chi connectivity index (χ1n) is 8.95. The topological polar surface area (TPSA) is 49.4 Å². The van der Waals surface area contributed by atoms with Crippen molar-refractivity contribution in [2.75, 3.05) is 0 Å². The molecule has 7 heteroatoms. The number of benzene rings is 3. The van der Waals surface area contributed by atoms with Crippen molar-refractivity contribution in [1.29, 1.82) is 0 Å². The van der Waals surface area contributed by atoms with Crippen molar-refractivity contribution < 1.29 is 12.8 Å². The van der Waals surface area contributed by atoms with Gasteiger partial charge in [0.1, 0.15) is 5.82 Å². The normalized spacial score (nSPS) is 17.1. The third-order valence-corrected chi connectivity index (χ3v) is 6.99.